The van der Waals surface area contributed by atoms with Gasteiger partial charge in [-0.3, -0.25) is 9.59 Å². The Morgan fingerprint density at radius 1 is 1.25 bits per heavy atom. The molecule has 0 spiro atoms. The molecule has 0 unspecified atom stereocenters. The number of halogens is 2. The summed E-state index contributed by atoms with van der Waals surface area (Å²) in [6, 6.07) is 8.48. The molecule has 1 N–H and O–H groups in total. The molecular weight excluding hydrogens is 299 g/mol. The molecule has 1 amide bonds. The fourth-order valence-corrected chi connectivity index (χ4v) is 2.12. The quantitative estimate of drug-likeness (QED) is 0.947. The number of carbonyl (C=O) groups is 1. The molecule has 0 saturated carbocycles. The Morgan fingerprint density at radius 3 is 2.50 bits per heavy atom. The van der Waals surface area contributed by atoms with Crippen LogP contribution in [0, 0.1) is 0 Å². The number of hydrogen-bond acceptors (Lipinski definition) is 2. The SMILES string of the molecule is CNC(=O)c1cc(Cl)c(=O)n(Cc2ccc(Cl)cc2)c1. The number of rotatable bonds is 3. The summed E-state index contributed by atoms with van der Waals surface area (Å²) >= 11 is 11.7. The number of hydrogen-bond donors (Lipinski definition) is 1. The van der Waals surface area contributed by atoms with Crippen LogP contribution in [0.25, 0.3) is 0 Å². The van der Waals surface area contributed by atoms with Gasteiger partial charge in [-0.15, -0.1) is 0 Å². The molecule has 20 heavy (non-hydrogen) atoms. The molecule has 2 aromatic rings. The second-order valence-electron chi connectivity index (χ2n) is 4.22. The number of nitrogens with zero attached hydrogens (tertiary/aromatic N) is 1. The van der Waals surface area contributed by atoms with Crippen molar-refractivity contribution < 1.29 is 4.79 Å². The number of benzene rings is 1. The van der Waals surface area contributed by atoms with E-state index in [1.54, 1.807) is 12.1 Å². The minimum atomic E-state index is -0.339. The molecular formula is C14H12Cl2N2O2. The van der Waals surface area contributed by atoms with Gasteiger partial charge < -0.3 is 9.88 Å². The van der Waals surface area contributed by atoms with E-state index >= 15 is 0 Å². The third-order valence-electron chi connectivity index (χ3n) is 2.80. The molecule has 0 fully saturated rings. The first-order chi connectivity index (χ1) is 9.51. The molecule has 1 heterocycles. The van der Waals surface area contributed by atoms with Gasteiger partial charge in [0.15, 0.2) is 0 Å². The normalized spacial score (nSPS) is 10.3. The van der Waals surface area contributed by atoms with Gasteiger partial charge in [0.05, 0.1) is 12.1 Å². The largest absolute Gasteiger partial charge is 0.355 e. The zero-order valence-corrected chi connectivity index (χ0v) is 12.2. The van der Waals surface area contributed by atoms with Crippen LogP contribution in [0.1, 0.15) is 15.9 Å². The van der Waals surface area contributed by atoms with Crippen LogP contribution >= 0.6 is 23.2 Å². The first-order valence-corrected chi connectivity index (χ1v) is 6.63. The van der Waals surface area contributed by atoms with E-state index in [-0.39, 0.29) is 16.5 Å². The molecule has 0 aliphatic heterocycles. The van der Waals surface area contributed by atoms with E-state index in [1.807, 2.05) is 12.1 Å². The van der Waals surface area contributed by atoms with E-state index < -0.39 is 0 Å². The number of nitrogens with one attached hydrogen (secondary N) is 1. The summed E-state index contributed by atoms with van der Waals surface area (Å²) in [4.78, 5) is 23.6. The number of amides is 1. The lowest BCUT2D eigenvalue weighted by Crippen LogP contribution is -2.25. The van der Waals surface area contributed by atoms with Gasteiger partial charge in [0.1, 0.15) is 5.02 Å². The highest BCUT2D eigenvalue weighted by Gasteiger charge is 2.10. The van der Waals surface area contributed by atoms with Crippen LogP contribution in [-0.2, 0) is 6.54 Å². The van der Waals surface area contributed by atoms with Crippen molar-refractivity contribution in [3.8, 4) is 0 Å². The lowest BCUT2D eigenvalue weighted by molar-refractivity contribution is 0.0962. The maximum absolute atomic E-state index is 12.0. The minimum Gasteiger partial charge on any atom is -0.355 e. The maximum atomic E-state index is 12.0. The predicted octanol–water partition coefficient (Wildman–Crippen LogP) is 2.56. The predicted molar refractivity (Wildman–Crippen MR) is 79.7 cm³/mol. The van der Waals surface area contributed by atoms with Crippen molar-refractivity contribution in [1.82, 2.24) is 9.88 Å². The van der Waals surface area contributed by atoms with E-state index in [2.05, 4.69) is 5.32 Å². The van der Waals surface area contributed by atoms with Gasteiger partial charge in [0.2, 0.25) is 0 Å². The van der Waals surface area contributed by atoms with Crippen LogP contribution < -0.4 is 10.9 Å². The Kier molecular flexibility index (Phi) is 4.47. The molecule has 0 radical (unpaired) electrons. The van der Waals surface area contributed by atoms with Gasteiger partial charge in [-0.2, -0.15) is 0 Å². The van der Waals surface area contributed by atoms with Crippen LogP contribution in [-0.4, -0.2) is 17.5 Å². The molecule has 0 atom stereocenters. The Balaban J connectivity index is 2.40. The lowest BCUT2D eigenvalue weighted by atomic mass is 10.2. The van der Waals surface area contributed by atoms with Gasteiger partial charge in [-0.05, 0) is 23.8 Å². The summed E-state index contributed by atoms with van der Waals surface area (Å²) in [6.45, 7) is 0.320. The van der Waals surface area contributed by atoms with Gasteiger partial charge in [-0.1, -0.05) is 35.3 Å². The molecule has 6 heteroatoms. The summed E-state index contributed by atoms with van der Waals surface area (Å²) in [6.07, 6.45) is 1.49. The van der Waals surface area contributed by atoms with Crippen LogP contribution in [0.4, 0.5) is 0 Å². The summed E-state index contributed by atoms with van der Waals surface area (Å²) in [5.41, 5.74) is 0.891. The van der Waals surface area contributed by atoms with Gasteiger partial charge >= 0.3 is 0 Å². The summed E-state index contributed by atoms with van der Waals surface area (Å²) < 4.78 is 1.40. The Bertz CT molecular complexity index is 693. The molecule has 104 valence electrons. The minimum absolute atomic E-state index is 0.0139. The molecule has 2 rings (SSSR count). The second kappa shape index (κ2) is 6.11. The first-order valence-electron chi connectivity index (χ1n) is 5.88. The molecule has 1 aromatic carbocycles. The van der Waals surface area contributed by atoms with Gasteiger partial charge in [-0.25, -0.2) is 0 Å². The van der Waals surface area contributed by atoms with Crippen LogP contribution in [0.2, 0.25) is 10.0 Å². The highest BCUT2D eigenvalue weighted by atomic mass is 35.5. The van der Waals surface area contributed by atoms with Crippen molar-refractivity contribution in [2.24, 2.45) is 0 Å². The third kappa shape index (κ3) is 3.21. The summed E-state index contributed by atoms with van der Waals surface area (Å²) in [5, 5.41) is 3.13. The van der Waals surface area contributed by atoms with Gasteiger partial charge in [0.25, 0.3) is 11.5 Å². The average Bonchev–Trinajstić information content (AvgIpc) is 2.45. The third-order valence-corrected chi connectivity index (χ3v) is 3.32. The van der Waals surface area contributed by atoms with E-state index in [1.165, 1.54) is 23.9 Å². The highest BCUT2D eigenvalue weighted by Crippen LogP contribution is 2.12. The zero-order valence-electron chi connectivity index (χ0n) is 10.7. The van der Waals surface area contributed by atoms with Crippen molar-refractivity contribution in [3.63, 3.8) is 0 Å². The Morgan fingerprint density at radius 2 is 1.90 bits per heavy atom. The van der Waals surface area contributed by atoms with Crippen molar-refractivity contribution in [1.29, 1.82) is 0 Å². The molecule has 0 bridgehead atoms. The standard InChI is InChI=1S/C14H12Cl2N2O2/c1-17-13(19)10-6-12(16)14(20)18(8-10)7-9-2-4-11(15)5-3-9/h2-6,8H,7H2,1H3,(H,17,19). The smallest absolute Gasteiger partial charge is 0.269 e. The molecule has 1 aromatic heterocycles. The van der Waals surface area contributed by atoms with Crippen molar-refractivity contribution in [3.05, 3.63) is 68.1 Å². The van der Waals surface area contributed by atoms with E-state index in [0.29, 0.717) is 17.1 Å². The molecule has 0 aliphatic carbocycles. The topological polar surface area (TPSA) is 51.1 Å². The number of pyridine rings is 1. The average molecular weight is 311 g/mol. The first kappa shape index (κ1) is 14.6. The fraction of sp³-hybridized carbons (Fsp3) is 0.143. The molecule has 0 aliphatic rings. The van der Waals surface area contributed by atoms with Crippen molar-refractivity contribution in [2.75, 3.05) is 7.05 Å². The van der Waals surface area contributed by atoms with Crippen molar-refractivity contribution in [2.45, 2.75) is 6.54 Å². The Labute approximate surface area is 125 Å². The fourth-order valence-electron chi connectivity index (χ4n) is 1.77. The van der Waals surface area contributed by atoms with E-state index in [9.17, 15) is 9.59 Å². The summed E-state index contributed by atoms with van der Waals surface area (Å²) in [7, 11) is 1.52. The highest BCUT2D eigenvalue weighted by molar-refractivity contribution is 6.31. The molecule has 0 saturated heterocycles. The van der Waals surface area contributed by atoms with Gasteiger partial charge in [0, 0.05) is 18.3 Å². The monoisotopic (exact) mass is 310 g/mol. The Hall–Kier alpha value is -1.78. The van der Waals surface area contributed by atoms with E-state index in [0.717, 1.165) is 5.56 Å². The lowest BCUT2D eigenvalue weighted by Gasteiger charge is -2.09. The number of carbonyl (C=O) groups excluding carboxylic acids is 1. The number of aromatic nitrogens is 1. The van der Waals surface area contributed by atoms with Crippen LogP contribution in [0.5, 0.6) is 0 Å². The van der Waals surface area contributed by atoms with Crippen LogP contribution in [0.15, 0.2) is 41.3 Å². The van der Waals surface area contributed by atoms with Crippen molar-refractivity contribution >= 4 is 29.1 Å². The molecule has 4 nitrogen and oxygen atoms in total. The van der Waals surface area contributed by atoms with E-state index in [4.69, 9.17) is 23.2 Å². The zero-order chi connectivity index (χ0) is 14.7. The van der Waals surface area contributed by atoms with Crippen LogP contribution in [0.3, 0.4) is 0 Å². The maximum Gasteiger partial charge on any atom is 0.269 e. The summed E-state index contributed by atoms with van der Waals surface area (Å²) in [5.74, 6) is -0.295. The second-order valence-corrected chi connectivity index (χ2v) is 5.06.